The average molecular weight is 260 g/mol. The fourth-order valence-corrected chi connectivity index (χ4v) is 5.46. The van der Waals surface area contributed by atoms with Crippen LogP contribution < -0.4 is 0 Å². The van der Waals surface area contributed by atoms with Gasteiger partial charge < -0.3 is 4.74 Å². The van der Waals surface area contributed by atoms with Crippen LogP contribution in [0.2, 0.25) is 0 Å². The zero-order valence-corrected chi connectivity index (χ0v) is 11.6. The first-order valence-electron chi connectivity index (χ1n) is 8.10. The maximum absolute atomic E-state index is 12.4. The van der Waals surface area contributed by atoms with Gasteiger partial charge in [0.1, 0.15) is 5.60 Å². The van der Waals surface area contributed by atoms with Crippen molar-refractivity contribution in [3.05, 3.63) is 12.2 Å². The minimum Gasteiger partial charge on any atom is -0.459 e. The monoisotopic (exact) mass is 260 g/mol. The van der Waals surface area contributed by atoms with Crippen LogP contribution in [-0.2, 0) is 9.53 Å². The zero-order chi connectivity index (χ0) is 12.9. The maximum atomic E-state index is 12.4. The molecule has 5 rings (SSSR count). The van der Waals surface area contributed by atoms with E-state index in [-0.39, 0.29) is 17.5 Å². The Morgan fingerprint density at radius 3 is 2.16 bits per heavy atom. The lowest BCUT2D eigenvalue weighted by atomic mass is 9.54. The highest BCUT2D eigenvalue weighted by molar-refractivity contribution is 5.73. The molecule has 2 nitrogen and oxygen atoms in total. The van der Waals surface area contributed by atoms with Gasteiger partial charge in [0.05, 0.1) is 5.92 Å². The molecule has 0 spiro atoms. The van der Waals surface area contributed by atoms with Crippen LogP contribution in [0.3, 0.4) is 0 Å². The second-order valence-electron chi connectivity index (χ2n) is 7.50. The van der Waals surface area contributed by atoms with Crippen LogP contribution in [0, 0.1) is 23.7 Å². The summed E-state index contributed by atoms with van der Waals surface area (Å²) in [5.74, 6) is 2.80. The van der Waals surface area contributed by atoms with Gasteiger partial charge in [0.25, 0.3) is 0 Å². The second kappa shape index (κ2) is 4.36. The Kier molecular flexibility index (Phi) is 2.75. The van der Waals surface area contributed by atoms with E-state index < -0.39 is 0 Å². The molecule has 0 radical (unpaired) electrons. The molecule has 0 heterocycles. The highest BCUT2D eigenvalue weighted by Gasteiger charge is 2.53. The molecule has 19 heavy (non-hydrogen) atoms. The van der Waals surface area contributed by atoms with Crippen molar-refractivity contribution in [3.8, 4) is 0 Å². The summed E-state index contributed by atoms with van der Waals surface area (Å²) in [6.45, 7) is 0. The van der Waals surface area contributed by atoms with E-state index in [9.17, 15) is 4.79 Å². The summed E-state index contributed by atoms with van der Waals surface area (Å²) in [7, 11) is 0. The Hall–Kier alpha value is -0.790. The van der Waals surface area contributed by atoms with E-state index in [4.69, 9.17) is 4.74 Å². The Balaban J connectivity index is 1.47. The van der Waals surface area contributed by atoms with Gasteiger partial charge in [-0.05, 0) is 75.5 Å². The topological polar surface area (TPSA) is 26.3 Å². The molecule has 1 unspecified atom stereocenters. The summed E-state index contributed by atoms with van der Waals surface area (Å²) in [5.41, 5.74) is -0.0486. The first kappa shape index (κ1) is 12.0. The van der Waals surface area contributed by atoms with Crippen LogP contribution in [0.25, 0.3) is 0 Å². The molecule has 5 aliphatic rings. The average Bonchev–Trinajstić information content (AvgIpc) is 2.37. The zero-order valence-electron chi connectivity index (χ0n) is 11.6. The quantitative estimate of drug-likeness (QED) is 0.557. The normalized spacial score (nSPS) is 47.4. The first-order valence-corrected chi connectivity index (χ1v) is 8.10. The number of ether oxygens (including phenoxy) is 1. The number of allylic oxidation sites excluding steroid dienone is 2. The number of hydrogen-bond donors (Lipinski definition) is 0. The predicted octanol–water partition coefficient (Wildman–Crippen LogP) is 3.85. The molecule has 2 heteroatoms. The van der Waals surface area contributed by atoms with Gasteiger partial charge in [-0.3, -0.25) is 4.79 Å². The fraction of sp³-hybridized carbons (Fsp3) is 0.824. The van der Waals surface area contributed by atoms with Crippen molar-refractivity contribution in [1.82, 2.24) is 0 Å². The molecule has 0 aromatic carbocycles. The summed E-state index contributed by atoms with van der Waals surface area (Å²) >= 11 is 0. The van der Waals surface area contributed by atoms with Gasteiger partial charge in [-0.25, -0.2) is 0 Å². The van der Waals surface area contributed by atoms with Crippen molar-refractivity contribution in [2.24, 2.45) is 23.7 Å². The van der Waals surface area contributed by atoms with E-state index in [0.29, 0.717) is 0 Å². The van der Waals surface area contributed by atoms with Gasteiger partial charge in [0.2, 0.25) is 0 Å². The van der Waals surface area contributed by atoms with Gasteiger partial charge in [-0.2, -0.15) is 0 Å². The minimum atomic E-state index is -0.0486. The molecular weight excluding hydrogens is 236 g/mol. The molecule has 0 aromatic heterocycles. The third kappa shape index (κ3) is 2.13. The van der Waals surface area contributed by atoms with Gasteiger partial charge in [0.15, 0.2) is 0 Å². The van der Waals surface area contributed by atoms with Crippen LogP contribution in [0.5, 0.6) is 0 Å². The maximum Gasteiger partial charge on any atom is 0.309 e. The Morgan fingerprint density at radius 2 is 1.63 bits per heavy atom. The molecule has 4 bridgehead atoms. The van der Waals surface area contributed by atoms with Crippen LogP contribution in [0.15, 0.2) is 12.2 Å². The van der Waals surface area contributed by atoms with Crippen molar-refractivity contribution in [1.29, 1.82) is 0 Å². The Bertz CT molecular complexity index is 374. The van der Waals surface area contributed by atoms with Gasteiger partial charge in [-0.15, -0.1) is 0 Å². The van der Waals surface area contributed by atoms with Crippen LogP contribution in [-0.4, -0.2) is 11.6 Å². The number of carbonyl (C=O) groups excluding carboxylic acids is 1. The van der Waals surface area contributed by atoms with Crippen LogP contribution >= 0.6 is 0 Å². The lowest BCUT2D eigenvalue weighted by Crippen LogP contribution is -2.53. The van der Waals surface area contributed by atoms with Crippen molar-refractivity contribution in [3.63, 3.8) is 0 Å². The van der Waals surface area contributed by atoms with Crippen molar-refractivity contribution in [2.75, 3.05) is 0 Å². The molecule has 4 fully saturated rings. The van der Waals surface area contributed by atoms with Crippen LogP contribution in [0.1, 0.15) is 57.8 Å². The van der Waals surface area contributed by atoms with Gasteiger partial charge >= 0.3 is 5.97 Å². The molecule has 0 aromatic rings. The number of hydrogen-bond acceptors (Lipinski definition) is 2. The molecule has 4 saturated carbocycles. The number of rotatable bonds is 2. The summed E-state index contributed by atoms with van der Waals surface area (Å²) in [6, 6.07) is 0. The number of esters is 1. The van der Waals surface area contributed by atoms with E-state index >= 15 is 0 Å². The lowest BCUT2D eigenvalue weighted by molar-refractivity contribution is -0.191. The number of carbonyl (C=O) groups is 1. The van der Waals surface area contributed by atoms with Gasteiger partial charge in [0, 0.05) is 0 Å². The largest absolute Gasteiger partial charge is 0.459 e. The molecular formula is C17H24O2. The molecule has 0 aliphatic heterocycles. The molecule has 0 amide bonds. The standard InChI is InChI=1S/C17H24O2/c18-16(15-4-2-1-3-5-15)19-17-9-12-6-13(10-17)8-14(7-12)11-17/h1-2,12-15H,3-11H2. The van der Waals surface area contributed by atoms with Crippen molar-refractivity contribution >= 4 is 5.97 Å². The Labute approximate surface area is 115 Å². The fourth-order valence-electron chi connectivity index (χ4n) is 5.46. The minimum absolute atomic E-state index is 0.0486. The molecule has 0 saturated heterocycles. The van der Waals surface area contributed by atoms with E-state index in [1.807, 2.05) is 0 Å². The Morgan fingerprint density at radius 1 is 1.00 bits per heavy atom. The lowest BCUT2D eigenvalue weighted by Gasteiger charge is -2.55. The first-order chi connectivity index (χ1) is 9.22. The summed E-state index contributed by atoms with van der Waals surface area (Å²) in [5, 5.41) is 0. The SMILES string of the molecule is O=C(OC12CC3CC(CC(C3)C1)C2)C1CC=CCC1. The van der Waals surface area contributed by atoms with E-state index in [1.54, 1.807) is 0 Å². The smallest absolute Gasteiger partial charge is 0.309 e. The third-order valence-corrected chi connectivity index (χ3v) is 5.90. The highest BCUT2D eigenvalue weighted by atomic mass is 16.6. The highest BCUT2D eigenvalue weighted by Crippen LogP contribution is 2.57. The predicted molar refractivity (Wildman–Crippen MR) is 73.5 cm³/mol. The third-order valence-electron chi connectivity index (χ3n) is 5.90. The molecule has 5 aliphatic carbocycles. The van der Waals surface area contributed by atoms with Crippen molar-refractivity contribution in [2.45, 2.75) is 63.4 Å². The molecule has 104 valence electrons. The van der Waals surface area contributed by atoms with E-state index in [2.05, 4.69) is 12.2 Å². The van der Waals surface area contributed by atoms with Crippen LogP contribution in [0.4, 0.5) is 0 Å². The van der Waals surface area contributed by atoms with E-state index in [1.165, 1.54) is 19.3 Å². The molecule has 1 atom stereocenters. The molecule has 0 N–H and O–H groups in total. The summed E-state index contributed by atoms with van der Waals surface area (Å²) in [6.07, 6.45) is 15.0. The van der Waals surface area contributed by atoms with E-state index in [0.717, 1.165) is 56.3 Å². The van der Waals surface area contributed by atoms with Crippen molar-refractivity contribution < 1.29 is 9.53 Å². The summed E-state index contributed by atoms with van der Waals surface area (Å²) in [4.78, 5) is 12.4. The summed E-state index contributed by atoms with van der Waals surface area (Å²) < 4.78 is 6.12. The van der Waals surface area contributed by atoms with Gasteiger partial charge in [-0.1, -0.05) is 12.2 Å². The second-order valence-corrected chi connectivity index (χ2v) is 7.50.